The van der Waals surface area contributed by atoms with Crippen LogP contribution in [-0.2, 0) is 6.54 Å². The largest absolute Gasteiger partial charge is 0.383 e. The third-order valence-corrected chi connectivity index (χ3v) is 1.64. The molecule has 0 aromatic carbocycles. The lowest BCUT2D eigenvalue weighted by Gasteiger charge is -2.03. The van der Waals surface area contributed by atoms with Gasteiger partial charge in [-0.1, -0.05) is 6.92 Å². The molecule has 4 N–H and O–H groups in total. The molecule has 0 aliphatic heterocycles. The molecular formula is C10H15N5O. The average molecular weight is 221 g/mol. The Morgan fingerprint density at radius 2 is 2.06 bits per heavy atom. The van der Waals surface area contributed by atoms with E-state index in [4.69, 9.17) is 16.7 Å². The minimum absolute atomic E-state index is 0.193. The molecule has 1 aromatic heterocycles. The number of hydrogen-bond acceptors (Lipinski definition) is 6. The Balaban J connectivity index is 0.000000487. The average Bonchev–Trinajstić information content (AvgIpc) is 2.28. The molecule has 0 saturated heterocycles. The Kier molecular flexibility index (Phi) is 6.40. The Labute approximate surface area is 94.3 Å². The number of carbonyl (C=O) groups excluding carboxylic acids is 1. The second-order valence-corrected chi connectivity index (χ2v) is 2.85. The lowest BCUT2D eigenvalue weighted by Crippen LogP contribution is -2.10. The second-order valence-electron chi connectivity index (χ2n) is 2.85. The molecule has 86 valence electrons. The van der Waals surface area contributed by atoms with Gasteiger partial charge in [0.25, 0.3) is 0 Å². The van der Waals surface area contributed by atoms with Crippen LogP contribution in [0.1, 0.15) is 35.2 Å². The van der Waals surface area contributed by atoms with E-state index in [1.165, 1.54) is 0 Å². The summed E-state index contributed by atoms with van der Waals surface area (Å²) < 4.78 is 0. The quantitative estimate of drug-likeness (QED) is 0.704. The van der Waals surface area contributed by atoms with Crippen LogP contribution in [0.15, 0.2) is 0 Å². The first kappa shape index (κ1) is 14.0. The highest BCUT2D eigenvalue weighted by molar-refractivity contribution is 5.83. The molecule has 1 rings (SSSR count). The lowest BCUT2D eigenvalue weighted by atomic mass is 10.2. The summed E-state index contributed by atoms with van der Waals surface area (Å²) in [4.78, 5) is 18.3. The van der Waals surface area contributed by atoms with E-state index in [0.29, 0.717) is 29.8 Å². The molecule has 0 unspecified atom stereocenters. The van der Waals surface area contributed by atoms with E-state index in [-0.39, 0.29) is 12.4 Å². The molecule has 0 aliphatic carbocycles. The van der Waals surface area contributed by atoms with Crippen molar-refractivity contribution in [2.75, 3.05) is 5.73 Å². The number of aldehydes is 1. The number of aromatic nitrogens is 2. The standard InChI is InChI=1S/C7H10N4O.C3H5N/c1-4-10-6(2-8)5(3-12)7(9)11-4;1-2-3-4/h3H,2,8H2,1H3,(H2,9,10,11);2H2,1H3. The summed E-state index contributed by atoms with van der Waals surface area (Å²) in [6.07, 6.45) is 1.25. The van der Waals surface area contributed by atoms with E-state index < -0.39 is 0 Å². The number of nitriles is 1. The van der Waals surface area contributed by atoms with Gasteiger partial charge in [-0.25, -0.2) is 9.97 Å². The number of hydrogen-bond donors (Lipinski definition) is 2. The summed E-state index contributed by atoms with van der Waals surface area (Å²) in [5, 5.41) is 7.62. The smallest absolute Gasteiger partial charge is 0.155 e. The zero-order chi connectivity index (χ0) is 12.6. The van der Waals surface area contributed by atoms with E-state index >= 15 is 0 Å². The molecular weight excluding hydrogens is 206 g/mol. The molecule has 0 radical (unpaired) electrons. The fourth-order valence-corrected chi connectivity index (χ4v) is 0.947. The highest BCUT2D eigenvalue weighted by Crippen LogP contribution is 2.09. The van der Waals surface area contributed by atoms with Crippen molar-refractivity contribution in [3.8, 4) is 6.07 Å². The molecule has 0 aliphatic rings. The fourth-order valence-electron chi connectivity index (χ4n) is 0.947. The van der Waals surface area contributed by atoms with Crippen LogP contribution in [0.2, 0.25) is 0 Å². The summed E-state index contributed by atoms with van der Waals surface area (Å²) in [5.74, 6) is 0.719. The Hall–Kier alpha value is -2.00. The van der Waals surface area contributed by atoms with Crippen molar-refractivity contribution in [1.82, 2.24) is 9.97 Å². The number of nitrogen functional groups attached to an aromatic ring is 1. The number of aryl methyl sites for hydroxylation is 1. The van der Waals surface area contributed by atoms with E-state index in [0.717, 1.165) is 0 Å². The summed E-state index contributed by atoms with van der Waals surface area (Å²) in [6.45, 7) is 3.71. The van der Waals surface area contributed by atoms with Crippen molar-refractivity contribution in [2.24, 2.45) is 5.73 Å². The van der Waals surface area contributed by atoms with Gasteiger partial charge in [0.2, 0.25) is 0 Å². The van der Waals surface area contributed by atoms with E-state index in [2.05, 4.69) is 9.97 Å². The first-order chi connectivity index (χ1) is 7.60. The van der Waals surface area contributed by atoms with Crippen molar-refractivity contribution in [3.05, 3.63) is 17.1 Å². The van der Waals surface area contributed by atoms with Gasteiger partial charge in [0.15, 0.2) is 6.29 Å². The van der Waals surface area contributed by atoms with Gasteiger partial charge in [-0.15, -0.1) is 0 Å². The molecule has 1 heterocycles. The number of rotatable bonds is 2. The molecule has 0 saturated carbocycles. The maximum absolute atomic E-state index is 10.5. The van der Waals surface area contributed by atoms with E-state index in [1.807, 2.05) is 13.0 Å². The van der Waals surface area contributed by atoms with E-state index in [1.54, 1.807) is 6.92 Å². The van der Waals surface area contributed by atoms with Crippen LogP contribution in [0.25, 0.3) is 0 Å². The van der Waals surface area contributed by atoms with Gasteiger partial charge in [-0.2, -0.15) is 5.26 Å². The first-order valence-electron chi connectivity index (χ1n) is 4.75. The van der Waals surface area contributed by atoms with Gasteiger partial charge in [0.1, 0.15) is 11.6 Å². The molecule has 0 bridgehead atoms. The molecule has 0 amide bonds. The van der Waals surface area contributed by atoms with Crippen LogP contribution in [-0.4, -0.2) is 16.3 Å². The van der Waals surface area contributed by atoms with Gasteiger partial charge >= 0.3 is 0 Å². The van der Waals surface area contributed by atoms with Crippen LogP contribution in [0.4, 0.5) is 5.82 Å². The zero-order valence-corrected chi connectivity index (χ0v) is 9.40. The van der Waals surface area contributed by atoms with Gasteiger partial charge < -0.3 is 11.5 Å². The highest BCUT2D eigenvalue weighted by Gasteiger charge is 2.07. The summed E-state index contributed by atoms with van der Waals surface area (Å²) in [6, 6.07) is 1.93. The summed E-state index contributed by atoms with van der Waals surface area (Å²) in [5.41, 5.74) is 11.6. The van der Waals surface area contributed by atoms with Crippen molar-refractivity contribution in [3.63, 3.8) is 0 Å². The number of anilines is 1. The van der Waals surface area contributed by atoms with Gasteiger partial charge in [-0.05, 0) is 6.92 Å². The number of nitrogens with zero attached hydrogens (tertiary/aromatic N) is 3. The number of carbonyl (C=O) groups is 1. The summed E-state index contributed by atoms with van der Waals surface area (Å²) in [7, 11) is 0. The molecule has 6 heteroatoms. The number of nitrogens with two attached hydrogens (primary N) is 2. The molecule has 0 fully saturated rings. The normalized spacial score (nSPS) is 8.62. The Bertz CT molecular complexity index is 397. The minimum Gasteiger partial charge on any atom is -0.383 e. The van der Waals surface area contributed by atoms with Crippen molar-refractivity contribution in [1.29, 1.82) is 5.26 Å². The maximum atomic E-state index is 10.5. The Morgan fingerprint density at radius 1 is 1.50 bits per heavy atom. The SMILES string of the molecule is CCC#N.Cc1nc(N)c(C=O)c(CN)n1. The van der Waals surface area contributed by atoms with Crippen LogP contribution in [0.5, 0.6) is 0 Å². The van der Waals surface area contributed by atoms with Crippen LogP contribution < -0.4 is 11.5 Å². The van der Waals surface area contributed by atoms with Crippen molar-refractivity contribution in [2.45, 2.75) is 26.8 Å². The monoisotopic (exact) mass is 221 g/mol. The van der Waals surface area contributed by atoms with E-state index in [9.17, 15) is 4.79 Å². The predicted octanol–water partition coefficient (Wildman–Crippen LogP) is 0.558. The third kappa shape index (κ3) is 4.02. The maximum Gasteiger partial charge on any atom is 0.155 e. The van der Waals surface area contributed by atoms with Gasteiger partial charge in [0, 0.05) is 13.0 Å². The lowest BCUT2D eigenvalue weighted by molar-refractivity contribution is 0.112. The molecule has 16 heavy (non-hydrogen) atoms. The van der Waals surface area contributed by atoms with Crippen molar-refractivity contribution < 1.29 is 4.79 Å². The third-order valence-electron chi connectivity index (χ3n) is 1.64. The van der Waals surface area contributed by atoms with Gasteiger partial charge in [-0.3, -0.25) is 4.79 Å². The summed E-state index contributed by atoms with van der Waals surface area (Å²) >= 11 is 0. The Morgan fingerprint density at radius 3 is 2.44 bits per heavy atom. The fraction of sp³-hybridized carbons (Fsp3) is 0.400. The van der Waals surface area contributed by atoms with Crippen LogP contribution in [0, 0.1) is 18.3 Å². The van der Waals surface area contributed by atoms with Crippen LogP contribution in [0.3, 0.4) is 0 Å². The predicted molar refractivity (Wildman–Crippen MR) is 60.4 cm³/mol. The van der Waals surface area contributed by atoms with Crippen LogP contribution >= 0.6 is 0 Å². The highest BCUT2D eigenvalue weighted by atomic mass is 16.1. The molecule has 1 aromatic rings. The second kappa shape index (κ2) is 7.31. The topological polar surface area (TPSA) is 119 Å². The molecule has 6 nitrogen and oxygen atoms in total. The van der Waals surface area contributed by atoms with Crippen molar-refractivity contribution >= 4 is 12.1 Å². The minimum atomic E-state index is 0.193. The van der Waals surface area contributed by atoms with Gasteiger partial charge in [0.05, 0.1) is 17.3 Å². The molecule has 0 spiro atoms. The zero-order valence-electron chi connectivity index (χ0n) is 9.40. The molecule has 0 atom stereocenters. The first-order valence-corrected chi connectivity index (χ1v) is 4.75.